The first-order valence-electron chi connectivity index (χ1n) is 7.44. The molecule has 3 rings (SSSR count). The van der Waals surface area contributed by atoms with Crippen molar-refractivity contribution < 1.29 is 4.79 Å². The number of likely N-dealkylation sites (N-methyl/N-ethyl adjacent to an activating group) is 1. The summed E-state index contributed by atoms with van der Waals surface area (Å²) in [6.07, 6.45) is 3.20. The van der Waals surface area contributed by atoms with Gasteiger partial charge in [0.05, 0.1) is 12.4 Å². The summed E-state index contributed by atoms with van der Waals surface area (Å²) in [5.74, 6) is 0.558. The van der Waals surface area contributed by atoms with Gasteiger partial charge in [0.25, 0.3) is 5.91 Å². The maximum atomic E-state index is 12.2. The van der Waals surface area contributed by atoms with E-state index in [-0.39, 0.29) is 5.91 Å². The van der Waals surface area contributed by atoms with Crippen molar-refractivity contribution in [1.82, 2.24) is 14.9 Å². The minimum absolute atomic E-state index is 0.259. The van der Waals surface area contributed by atoms with Crippen LogP contribution in [0.1, 0.15) is 10.5 Å². The summed E-state index contributed by atoms with van der Waals surface area (Å²) >= 11 is 3.36. The van der Waals surface area contributed by atoms with Gasteiger partial charge in [0.1, 0.15) is 11.5 Å². The number of carbonyl (C=O) groups excluding carboxylic acids is 1. The zero-order chi connectivity index (χ0) is 16.2. The van der Waals surface area contributed by atoms with Gasteiger partial charge in [-0.2, -0.15) is 0 Å². The Kier molecular flexibility index (Phi) is 4.88. The van der Waals surface area contributed by atoms with Crippen LogP contribution in [0.25, 0.3) is 0 Å². The van der Waals surface area contributed by atoms with E-state index < -0.39 is 0 Å². The Morgan fingerprint density at radius 1 is 1.09 bits per heavy atom. The molecular weight excluding hydrogens is 358 g/mol. The number of halogens is 1. The molecule has 120 valence electrons. The largest absolute Gasteiger partial charge is 0.353 e. The van der Waals surface area contributed by atoms with Gasteiger partial charge in [-0.3, -0.25) is 4.79 Å². The standard InChI is InChI=1S/C16H18BrN5O/c1-21-6-8-22(9-7-21)15-11-18-14(10-19-15)16(23)20-13-4-2-12(17)3-5-13/h2-5,10-11H,6-9H2,1H3,(H,20,23). The highest BCUT2D eigenvalue weighted by molar-refractivity contribution is 9.10. The zero-order valence-electron chi connectivity index (χ0n) is 12.9. The minimum Gasteiger partial charge on any atom is -0.353 e. The van der Waals surface area contributed by atoms with Crippen LogP contribution in [0.15, 0.2) is 41.1 Å². The third-order valence-electron chi connectivity index (χ3n) is 3.80. The van der Waals surface area contributed by atoms with E-state index >= 15 is 0 Å². The van der Waals surface area contributed by atoms with Gasteiger partial charge in [-0.1, -0.05) is 15.9 Å². The van der Waals surface area contributed by atoms with Gasteiger partial charge in [0.15, 0.2) is 0 Å². The van der Waals surface area contributed by atoms with Crippen LogP contribution >= 0.6 is 15.9 Å². The lowest BCUT2D eigenvalue weighted by Crippen LogP contribution is -2.44. The van der Waals surface area contributed by atoms with Crippen molar-refractivity contribution >= 4 is 33.3 Å². The highest BCUT2D eigenvalue weighted by atomic mass is 79.9. The fraction of sp³-hybridized carbons (Fsp3) is 0.312. The maximum Gasteiger partial charge on any atom is 0.275 e. The summed E-state index contributed by atoms with van der Waals surface area (Å²) in [5.41, 5.74) is 1.04. The normalized spacial score (nSPS) is 15.5. The van der Waals surface area contributed by atoms with Crippen molar-refractivity contribution in [3.8, 4) is 0 Å². The van der Waals surface area contributed by atoms with Crippen LogP contribution in [0.5, 0.6) is 0 Å². The molecule has 7 heteroatoms. The number of nitrogens with one attached hydrogen (secondary N) is 1. The van der Waals surface area contributed by atoms with Gasteiger partial charge in [0, 0.05) is 36.3 Å². The molecule has 2 aromatic rings. The molecule has 2 heterocycles. The summed E-state index contributed by atoms with van der Waals surface area (Å²) in [4.78, 5) is 25.3. The Bertz CT molecular complexity index is 666. The zero-order valence-corrected chi connectivity index (χ0v) is 14.5. The Balaban J connectivity index is 1.64. The monoisotopic (exact) mass is 375 g/mol. The van der Waals surface area contributed by atoms with E-state index in [1.54, 1.807) is 6.20 Å². The predicted octanol–water partition coefficient (Wildman–Crippen LogP) is 2.24. The fourth-order valence-corrected chi connectivity index (χ4v) is 2.63. The average Bonchev–Trinajstić information content (AvgIpc) is 2.58. The lowest BCUT2D eigenvalue weighted by Gasteiger charge is -2.32. The number of anilines is 2. The Hall–Kier alpha value is -1.99. The molecule has 1 aliphatic rings. The molecule has 1 N–H and O–H groups in total. The SMILES string of the molecule is CN1CCN(c2cnc(C(=O)Nc3ccc(Br)cc3)cn2)CC1. The number of aromatic nitrogens is 2. The first-order valence-corrected chi connectivity index (χ1v) is 8.23. The molecule has 1 amide bonds. The number of benzene rings is 1. The first kappa shape index (κ1) is 15.9. The van der Waals surface area contributed by atoms with Crippen LogP contribution in [0, 0.1) is 0 Å². The molecule has 0 bridgehead atoms. The second-order valence-electron chi connectivity index (χ2n) is 5.51. The molecule has 23 heavy (non-hydrogen) atoms. The number of hydrogen-bond donors (Lipinski definition) is 1. The van der Waals surface area contributed by atoms with E-state index in [0.717, 1.165) is 42.2 Å². The van der Waals surface area contributed by atoms with Gasteiger partial charge in [-0.05, 0) is 31.3 Å². The van der Waals surface area contributed by atoms with Crippen molar-refractivity contribution in [1.29, 1.82) is 0 Å². The Labute approximate surface area is 143 Å². The molecule has 0 spiro atoms. The Morgan fingerprint density at radius 2 is 1.78 bits per heavy atom. The molecule has 6 nitrogen and oxygen atoms in total. The second-order valence-corrected chi connectivity index (χ2v) is 6.43. The van der Waals surface area contributed by atoms with Crippen LogP contribution in [-0.4, -0.2) is 54.0 Å². The molecule has 1 aliphatic heterocycles. The quantitative estimate of drug-likeness (QED) is 0.891. The predicted molar refractivity (Wildman–Crippen MR) is 93.8 cm³/mol. The molecule has 1 aromatic carbocycles. The maximum absolute atomic E-state index is 12.2. The molecule has 0 aliphatic carbocycles. The van der Waals surface area contributed by atoms with Crippen molar-refractivity contribution in [2.75, 3.05) is 43.4 Å². The summed E-state index contributed by atoms with van der Waals surface area (Å²) in [5, 5.41) is 2.81. The number of piperazine rings is 1. The van der Waals surface area contributed by atoms with Crippen molar-refractivity contribution in [3.63, 3.8) is 0 Å². The second kappa shape index (κ2) is 7.06. The van der Waals surface area contributed by atoms with Gasteiger partial charge in [-0.15, -0.1) is 0 Å². The van der Waals surface area contributed by atoms with Crippen molar-refractivity contribution in [2.24, 2.45) is 0 Å². The van der Waals surface area contributed by atoms with Gasteiger partial charge < -0.3 is 15.1 Å². The van der Waals surface area contributed by atoms with E-state index in [1.165, 1.54) is 6.20 Å². The number of nitrogens with zero attached hydrogens (tertiary/aromatic N) is 4. The number of amides is 1. The molecule has 0 atom stereocenters. The highest BCUT2D eigenvalue weighted by Crippen LogP contribution is 2.15. The Morgan fingerprint density at radius 3 is 2.39 bits per heavy atom. The third-order valence-corrected chi connectivity index (χ3v) is 4.33. The summed E-state index contributed by atoms with van der Waals surface area (Å²) in [6, 6.07) is 7.40. The first-order chi connectivity index (χ1) is 11.1. The third kappa shape index (κ3) is 4.05. The number of carbonyl (C=O) groups is 1. The van der Waals surface area contributed by atoms with E-state index in [9.17, 15) is 4.79 Å². The average molecular weight is 376 g/mol. The van der Waals surface area contributed by atoms with Gasteiger partial charge in [-0.25, -0.2) is 9.97 Å². The van der Waals surface area contributed by atoms with E-state index in [4.69, 9.17) is 0 Å². The number of rotatable bonds is 3. The summed E-state index contributed by atoms with van der Waals surface area (Å²) in [7, 11) is 2.11. The lowest BCUT2D eigenvalue weighted by atomic mass is 10.3. The van der Waals surface area contributed by atoms with Crippen molar-refractivity contribution in [3.05, 3.63) is 46.8 Å². The highest BCUT2D eigenvalue weighted by Gasteiger charge is 2.16. The van der Waals surface area contributed by atoms with E-state index in [1.807, 2.05) is 24.3 Å². The molecule has 1 saturated heterocycles. The lowest BCUT2D eigenvalue weighted by molar-refractivity contribution is 0.102. The molecule has 1 fully saturated rings. The molecule has 1 aromatic heterocycles. The van der Waals surface area contributed by atoms with Crippen molar-refractivity contribution in [2.45, 2.75) is 0 Å². The molecular formula is C16H18BrN5O. The minimum atomic E-state index is -0.259. The molecule has 0 radical (unpaired) electrons. The van der Waals surface area contributed by atoms with Crippen LogP contribution in [0.4, 0.5) is 11.5 Å². The smallest absolute Gasteiger partial charge is 0.275 e. The van der Waals surface area contributed by atoms with Crippen LogP contribution in [0.2, 0.25) is 0 Å². The molecule has 0 saturated carbocycles. The van der Waals surface area contributed by atoms with Gasteiger partial charge >= 0.3 is 0 Å². The topological polar surface area (TPSA) is 61.4 Å². The summed E-state index contributed by atoms with van der Waals surface area (Å²) < 4.78 is 0.965. The number of hydrogen-bond acceptors (Lipinski definition) is 5. The van der Waals surface area contributed by atoms with E-state index in [0.29, 0.717) is 5.69 Å². The molecule has 0 unspecified atom stereocenters. The van der Waals surface area contributed by atoms with E-state index in [2.05, 4.69) is 48.1 Å². The summed E-state index contributed by atoms with van der Waals surface area (Å²) in [6.45, 7) is 3.87. The fourth-order valence-electron chi connectivity index (χ4n) is 2.37. The van der Waals surface area contributed by atoms with Crippen LogP contribution in [0.3, 0.4) is 0 Å². The van der Waals surface area contributed by atoms with Crippen LogP contribution < -0.4 is 10.2 Å². The van der Waals surface area contributed by atoms with Crippen LogP contribution in [-0.2, 0) is 0 Å². The van der Waals surface area contributed by atoms with Gasteiger partial charge in [0.2, 0.25) is 0 Å².